The lowest BCUT2D eigenvalue weighted by atomic mass is 10.1. The van der Waals surface area contributed by atoms with Gasteiger partial charge in [-0.2, -0.15) is 0 Å². The minimum Gasteiger partial charge on any atom is -0.465 e. The second-order valence-corrected chi connectivity index (χ2v) is 6.27. The molecule has 0 fully saturated rings. The molecule has 0 N–H and O–H groups in total. The van der Waals surface area contributed by atoms with Crippen LogP contribution in [0.3, 0.4) is 0 Å². The second-order valence-electron chi connectivity index (χ2n) is 6.27. The fourth-order valence-electron chi connectivity index (χ4n) is 2.73. The predicted octanol–water partition coefficient (Wildman–Crippen LogP) is 4.94. The molecule has 28 heavy (non-hydrogen) atoms. The summed E-state index contributed by atoms with van der Waals surface area (Å²) in [6.45, 7) is 2.85. The van der Waals surface area contributed by atoms with E-state index in [1.54, 1.807) is 12.1 Å². The minimum atomic E-state index is -0.854. The Bertz CT molecular complexity index is 856. The highest BCUT2D eigenvalue weighted by atomic mass is 19.1. The van der Waals surface area contributed by atoms with E-state index in [-0.39, 0.29) is 17.1 Å². The Morgan fingerprint density at radius 1 is 1.18 bits per heavy atom. The van der Waals surface area contributed by atoms with Gasteiger partial charge in [0, 0.05) is 31.8 Å². The van der Waals surface area contributed by atoms with E-state index >= 15 is 0 Å². The Kier molecular flexibility index (Phi) is 7.31. The van der Waals surface area contributed by atoms with Crippen molar-refractivity contribution in [2.75, 3.05) is 25.6 Å². The van der Waals surface area contributed by atoms with Gasteiger partial charge >= 0.3 is 5.97 Å². The molecule has 0 radical (unpaired) electrons. The molecule has 0 bridgehead atoms. The SMILES string of the molecule is CCCCCN(C)c1ccc(Oc2ccc([N+](=O)[O-])c(C(=O)OC)c2)cc1F. The van der Waals surface area contributed by atoms with Crippen LogP contribution in [0.5, 0.6) is 11.5 Å². The molecule has 7 nitrogen and oxygen atoms in total. The maximum Gasteiger partial charge on any atom is 0.345 e. The Morgan fingerprint density at radius 3 is 2.46 bits per heavy atom. The van der Waals surface area contributed by atoms with Crippen molar-refractivity contribution in [3.8, 4) is 11.5 Å². The third-order valence-electron chi connectivity index (χ3n) is 4.23. The number of carbonyl (C=O) groups is 1. The molecule has 0 heterocycles. The van der Waals surface area contributed by atoms with Crippen molar-refractivity contribution in [3.63, 3.8) is 0 Å². The van der Waals surface area contributed by atoms with E-state index in [2.05, 4.69) is 11.7 Å². The number of ether oxygens (including phenoxy) is 2. The zero-order valence-corrected chi connectivity index (χ0v) is 16.1. The maximum atomic E-state index is 14.5. The van der Waals surface area contributed by atoms with E-state index in [4.69, 9.17) is 4.74 Å². The Balaban J connectivity index is 2.20. The maximum absolute atomic E-state index is 14.5. The average Bonchev–Trinajstić information content (AvgIpc) is 2.67. The van der Waals surface area contributed by atoms with Crippen LogP contribution in [0.1, 0.15) is 36.5 Å². The predicted molar refractivity (Wildman–Crippen MR) is 104 cm³/mol. The summed E-state index contributed by atoms with van der Waals surface area (Å²) in [7, 11) is 2.96. The molecule has 0 atom stereocenters. The first-order chi connectivity index (χ1) is 13.4. The largest absolute Gasteiger partial charge is 0.465 e. The average molecular weight is 390 g/mol. The topological polar surface area (TPSA) is 81.9 Å². The van der Waals surface area contributed by atoms with Crippen molar-refractivity contribution in [2.24, 2.45) is 0 Å². The van der Waals surface area contributed by atoms with Crippen LogP contribution in [0.25, 0.3) is 0 Å². The van der Waals surface area contributed by atoms with Crippen LogP contribution < -0.4 is 9.64 Å². The molecule has 0 spiro atoms. The summed E-state index contributed by atoms with van der Waals surface area (Å²) >= 11 is 0. The number of anilines is 1. The number of nitro groups is 1. The van der Waals surface area contributed by atoms with E-state index in [9.17, 15) is 19.3 Å². The van der Waals surface area contributed by atoms with Crippen molar-refractivity contribution in [1.82, 2.24) is 0 Å². The Labute approximate surface area is 162 Å². The van der Waals surface area contributed by atoms with Gasteiger partial charge in [0.05, 0.1) is 17.7 Å². The second kappa shape index (κ2) is 9.68. The van der Waals surface area contributed by atoms with E-state index < -0.39 is 22.4 Å². The highest BCUT2D eigenvalue weighted by molar-refractivity contribution is 5.94. The lowest BCUT2D eigenvalue weighted by Gasteiger charge is -2.20. The molecule has 0 aliphatic carbocycles. The third-order valence-corrected chi connectivity index (χ3v) is 4.23. The third kappa shape index (κ3) is 5.18. The van der Waals surface area contributed by atoms with E-state index in [0.717, 1.165) is 39.0 Å². The van der Waals surface area contributed by atoms with Gasteiger partial charge in [-0.15, -0.1) is 0 Å². The molecule has 0 aliphatic rings. The summed E-state index contributed by atoms with van der Waals surface area (Å²) < 4.78 is 24.6. The van der Waals surface area contributed by atoms with Crippen LogP contribution in [-0.2, 0) is 4.74 Å². The number of hydrogen-bond acceptors (Lipinski definition) is 6. The number of halogens is 1. The molecule has 2 aromatic rings. The van der Waals surface area contributed by atoms with Gasteiger partial charge in [-0.1, -0.05) is 19.8 Å². The molecule has 0 unspecified atom stereocenters. The van der Waals surface area contributed by atoms with Crippen LogP contribution in [0, 0.1) is 15.9 Å². The standard InChI is InChI=1S/C20H23FN2O5/c1-4-5-6-11-22(2)19-10-8-15(13-17(19)21)28-14-7-9-18(23(25)26)16(12-14)20(24)27-3/h7-10,12-13H,4-6,11H2,1-3H3. The molecule has 0 saturated carbocycles. The van der Waals surface area contributed by atoms with Gasteiger partial charge in [0.15, 0.2) is 0 Å². The zero-order valence-electron chi connectivity index (χ0n) is 16.1. The molecule has 150 valence electrons. The molecule has 2 aromatic carbocycles. The number of hydrogen-bond donors (Lipinski definition) is 0. The lowest BCUT2D eigenvalue weighted by molar-refractivity contribution is -0.385. The van der Waals surface area contributed by atoms with E-state index in [1.165, 1.54) is 18.2 Å². The van der Waals surface area contributed by atoms with Crippen molar-refractivity contribution >= 4 is 17.3 Å². The van der Waals surface area contributed by atoms with Gasteiger partial charge in [0.25, 0.3) is 5.69 Å². The van der Waals surface area contributed by atoms with Gasteiger partial charge in [-0.05, 0) is 24.6 Å². The van der Waals surface area contributed by atoms with Crippen molar-refractivity contribution < 1.29 is 23.6 Å². The van der Waals surface area contributed by atoms with Gasteiger partial charge in [-0.3, -0.25) is 10.1 Å². The van der Waals surface area contributed by atoms with Crippen molar-refractivity contribution in [2.45, 2.75) is 26.2 Å². The number of rotatable bonds is 9. The first-order valence-electron chi connectivity index (χ1n) is 8.92. The fraction of sp³-hybridized carbons (Fsp3) is 0.350. The van der Waals surface area contributed by atoms with Crippen LogP contribution in [0.15, 0.2) is 36.4 Å². The van der Waals surface area contributed by atoms with E-state index in [0.29, 0.717) is 5.69 Å². The number of esters is 1. The number of carbonyl (C=O) groups excluding carboxylic acids is 1. The molecular weight excluding hydrogens is 367 g/mol. The van der Waals surface area contributed by atoms with Crippen LogP contribution in [-0.4, -0.2) is 31.6 Å². The first kappa shape index (κ1) is 21.1. The number of benzene rings is 2. The molecule has 0 amide bonds. The van der Waals surface area contributed by atoms with E-state index in [1.807, 2.05) is 11.9 Å². The van der Waals surface area contributed by atoms with Crippen LogP contribution in [0.2, 0.25) is 0 Å². The Morgan fingerprint density at radius 2 is 1.86 bits per heavy atom. The minimum absolute atomic E-state index is 0.162. The smallest absolute Gasteiger partial charge is 0.345 e. The zero-order chi connectivity index (χ0) is 20.7. The molecule has 0 saturated heterocycles. The highest BCUT2D eigenvalue weighted by Crippen LogP contribution is 2.30. The number of nitrogens with zero attached hydrogens (tertiary/aromatic N) is 2. The molecule has 8 heteroatoms. The number of methoxy groups -OCH3 is 1. The lowest BCUT2D eigenvalue weighted by Crippen LogP contribution is -2.19. The molecule has 0 aliphatic heterocycles. The number of nitro benzene ring substituents is 1. The molecular formula is C20H23FN2O5. The number of unbranched alkanes of at least 4 members (excludes halogenated alkanes) is 2. The summed E-state index contributed by atoms with van der Waals surface area (Å²) in [5.74, 6) is -0.915. The first-order valence-corrected chi connectivity index (χ1v) is 8.92. The molecule has 2 rings (SSSR count). The van der Waals surface area contributed by atoms with Crippen molar-refractivity contribution in [3.05, 3.63) is 57.9 Å². The normalized spacial score (nSPS) is 10.4. The summed E-state index contributed by atoms with van der Waals surface area (Å²) in [6, 6.07) is 8.15. The summed E-state index contributed by atoms with van der Waals surface area (Å²) in [6.07, 6.45) is 3.14. The fourth-order valence-corrected chi connectivity index (χ4v) is 2.73. The summed E-state index contributed by atoms with van der Waals surface area (Å²) in [5, 5.41) is 11.1. The van der Waals surface area contributed by atoms with Gasteiger partial charge in [-0.25, -0.2) is 9.18 Å². The highest BCUT2D eigenvalue weighted by Gasteiger charge is 2.22. The quantitative estimate of drug-likeness (QED) is 0.261. The van der Waals surface area contributed by atoms with Crippen molar-refractivity contribution in [1.29, 1.82) is 0 Å². The molecule has 0 aromatic heterocycles. The van der Waals surface area contributed by atoms with Gasteiger partial charge in [0.1, 0.15) is 22.9 Å². The van der Waals surface area contributed by atoms with Crippen LogP contribution in [0.4, 0.5) is 15.8 Å². The van der Waals surface area contributed by atoms with Crippen LogP contribution >= 0.6 is 0 Å². The summed E-state index contributed by atoms with van der Waals surface area (Å²) in [5.41, 5.74) is -0.172. The summed E-state index contributed by atoms with van der Waals surface area (Å²) in [4.78, 5) is 24.0. The monoisotopic (exact) mass is 390 g/mol. The van der Waals surface area contributed by atoms with Gasteiger partial charge < -0.3 is 14.4 Å². The van der Waals surface area contributed by atoms with Gasteiger partial charge in [0.2, 0.25) is 0 Å². The Hall–Kier alpha value is -3.16.